The molecular weight excluding hydrogens is 210 g/mol. The number of nitro groups is 1. The van der Waals surface area contributed by atoms with Gasteiger partial charge in [0.1, 0.15) is 0 Å². The van der Waals surface area contributed by atoms with Crippen molar-refractivity contribution in [1.82, 2.24) is 9.78 Å². The first kappa shape index (κ1) is 10.6. The van der Waals surface area contributed by atoms with Crippen molar-refractivity contribution in [3.63, 3.8) is 0 Å². The molecule has 0 amide bonds. The van der Waals surface area contributed by atoms with E-state index in [1.54, 1.807) is 23.9 Å². The molecule has 84 valence electrons. The van der Waals surface area contributed by atoms with Crippen molar-refractivity contribution in [2.75, 3.05) is 0 Å². The third-order valence-corrected chi connectivity index (χ3v) is 2.20. The predicted molar refractivity (Wildman–Crippen MR) is 58.1 cm³/mol. The summed E-state index contributed by atoms with van der Waals surface area (Å²) in [5.41, 5.74) is 0.732. The molecule has 0 bridgehead atoms. The Labute approximate surface area is 91.3 Å². The number of rotatable bonds is 3. The Morgan fingerprint density at radius 3 is 3.00 bits per heavy atom. The molecule has 0 fully saturated rings. The number of nitrogens with zero attached hydrogens (tertiary/aromatic N) is 3. The van der Waals surface area contributed by atoms with Crippen LogP contribution in [0.1, 0.15) is 6.92 Å². The molecule has 1 N–H and O–H groups in total. The molecule has 0 saturated heterocycles. The third kappa shape index (κ3) is 2.01. The topological polar surface area (TPSA) is 81.2 Å². The van der Waals surface area contributed by atoms with E-state index >= 15 is 0 Å². The van der Waals surface area contributed by atoms with Gasteiger partial charge in [-0.25, -0.2) is 0 Å². The van der Waals surface area contributed by atoms with Crippen LogP contribution in [0.4, 0.5) is 5.69 Å². The smallest absolute Gasteiger partial charge is 0.270 e. The summed E-state index contributed by atoms with van der Waals surface area (Å²) < 4.78 is 1.58. The van der Waals surface area contributed by atoms with Crippen LogP contribution in [0, 0.1) is 10.1 Å². The summed E-state index contributed by atoms with van der Waals surface area (Å²) in [4.78, 5) is 10.1. The molecule has 0 aliphatic carbocycles. The Balaban J connectivity index is 2.42. The van der Waals surface area contributed by atoms with Gasteiger partial charge in [0.2, 0.25) is 0 Å². The minimum absolute atomic E-state index is 0.0455. The van der Waals surface area contributed by atoms with Gasteiger partial charge in [-0.05, 0) is 13.0 Å². The molecule has 0 radical (unpaired) electrons. The zero-order chi connectivity index (χ0) is 11.7. The van der Waals surface area contributed by atoms with E-state index in [9.17, 15) is 15.2 Å². The van der Waals surface area contributed by atoms with Gasteiger partial charge in [0.25, 0.3) is 5.69 Å². The van der Waals surface area contributed by atoms with Crippen LogP contribution >= 0.6 is 0 Å². The van der Waals surface area contributed by atoms with Crippen LogP contribution in [-0.2, 0) is 6.54 Å². The highest BCUT2D eigenvalue weighted by atomic mass is 16.6. The summed E-state index contributed by atoms with van der Waals surface area (Å²) in [6.07, 6.45) is 1.19. The molecule has 0 unspecified atom stereocenters. The van der Waals surface area contributed by atoms with E-state index in [2.05, 4.69) is 5.10 Å². The second-order valence-electron chi connectivity index (χ2n) is 3.70. The Morgan fingerprint density at radius 1 is 1.62 bits per heavy atom. The van der Waals surface area contributed by atoms with Crippen LogP contribution in [0.3, 0.4) is 0 Å². The van der Waals surface area contributed by atoms with Crippen LogP contribution in [0.5, 0.6) is 0 Å². The first-order valence-electron chi connectivity index (χ1n) is 4.86. The van der Waals surface area contributed by atoms with Crippen molar-refractivity contribution in [1.29, 1.82) is 0 Å². The molecule has 2 aromatic rings. The van der Waals surface area contributed by atoms with Gasteiger partial charge in [0.05, 0.1) is 23.1 Å². The van der Waals surface area contributed by atoms with Gasteiger partial charge in [-0.1, -0.05) is 0 Å². The number of hydrogen-bond acceptors (Lipinski definition) is 4. The van der Waals surface area contributed by atoms with E-state index in [0.29, 0.717) is 17.4 Å². The summed E-state index contributed by atoms with van der Waals surface area (Å²) in [7, 11) is 0. The highest BCUT2D eigenvalue weighted by molar-refractivity contribution is 5.80. The molecule has 6 heteroatoms. The largest absolute Gasteiger partial charge is 0.391 e. The monoisotopic (exact) mass is 221 g/mol. The highest BCUT2D eigenvalue weighted by Crippen LogP contribution is 2.19. The van der Waals surface area contributed by atoms with Crippen LogP contribution in [0.2, 0.25) is 0 Å². The number of aliphatic hydroxyl groups excluding tert-OH is 1. The molecule has 16 heavy (non-hydrogen) atoms. The zero-order valence-corrected chi connectivity index (χ0v) is 8.70. The molecule has 0 aliphatic rings. The quantitative estimate of drug-likeness (QED) is 0.626. The molecule has 6 nitrogen and oxygen atoms in total. The maximum absolute atomic E-state index is 10.6. The normalized spacial score (nSPS) is 12.9. The third-order valence-electron chi connectivity index (χ3n) is 2.20. The van der Waals surface area contributed by atoms with Crippen molar-refractivity contribution in [2.45, 2.75) is 19.6 Å². The van der Waals surface area contributed by atoms with Crippen LogP contribution in [0.15, 0.2) is 24.4 Å². The van der Waals surface area contributed by atoms with E-state index < -0.39 is 11.0 Å². The second kappa shape index (κ2) is 3.90. The van der Waals surface area contributed by atoms with Gasteiger partial charge in [-0.3, -0.25) is 14.8 Å². The molecule has 0 spiro atoms. The summed E-state index contributed by atoms with van der Waals surface area (Å²) >= 11 is 0. The lowest BCUT2D eigenvalue weighted by Crippen LogP contribution is -2.11. The predicted octanol–water partition coefficient (Wildman–Crippen LogP) is 1.33. The number of aliphatic hydroxyl groups is 1. The summed E-state index contributed by atoms with van der Waals surface area (Å²) in [5, 5.41) is 24.7. The number of fused-ring (bicyclic) bond motifs is 1. The van der Waals surface area contributed by atoms with E-state index in [1.165, 1.54) is 12.1 Å². The molecule has 0 aliphatic heterocycles. The van der Waals surface area contributed by atoms with E-state index in [0.717, 1.165) is 0 Å². The van der Waals surface area contributed by atoms with Crippen molar-refractivity contribution in [2.24, 2.45) is 0 Å². The van der Waals surface area contributed by atoms with Crippen molar-refractivity contribution in [3.8, 4) is 0 Å². The Morgan fingerprint density at radius 2 is 2.38 bits per heavy atom. The van der Waals surface area contributed by atoms with Crippen LogP contribution in [0.25, 0.3) is 10.9 Å². The van der Waals surface area contributed by atoms with Crippen molar-refractivity contribution >= 4 is 16.6 Å². The lowest BCUT2D eigenvalue weighted by atomic mass is 10.2. The summed E-state index contributed by atoms with van der Waals surface area (Å²) in [6, 6.07) is 4.49. The van der Waals surface area contributed by atoms with Gasteiger partial charge < -0.3 is 5.11 Å². The second-order valence-corrected chi connectivity index (χ2v) is 3.70. The molecule has 1 aromatic heterocycles. The number of benzene rings is 1. The van der Waals surface area contributed by atoms with Crippen LogP contribution in [-0.4, -0.2) is 25.9 Å². The maximum atomic E-state index is 10.6. The van der Waals surface area contributed by atoms with Gasteiger partial charge in [0.15, 0.2) is 0 Å². The average molecular weight is 221 g/mol. The Hall–Kier alpha value is -1.95. The van der Waals surface area contributed by atoms with E-state index in [4.69, 9.17) is 0 Å². The van der Waals surface area contributed by atoms with Gasteiger partial charge in [0, 0.05) is 23.7 Å². The van der Waals surface area contributed by atoms with Gasteiger partial charge >= 0.3 is 0 Å². The molecule has 1 aromatic carbocycles. The van der Waals surface area contributed by atoms with Gasteiger partial charge in [-0.2, -0.15) is 5.10 Å². The lowest BCUT2D eigenvalue weighted by Gasteiger charge is -2.02. The zero-order valence-electron chi connectivity index (χ0n) is 8.70. The summed E-state index contributed by atoms with van der Waals surface area (Å²) in [5.74, 6) is 0. The number of aromatic nitrogens is 2. The highest BCUT2D eigenvalue weighted by Gasteiger charge is 2.09. The fourth-order valence-corrected chi connectivity index (χ4v) is 1.54. The minimum Gasteiger partial charge on any atom is -0.391 e. The van der Waals surface area contributed by atoms with Gasteiger partial charge in [-0.15, -0.1) is 0 Å². The fraction of sp³-hybridized carbons (Fsp3) is 0.300. The number of non-ortho nitro benzene ring substituents is 1. The maximum Gasteiger partial charge on any atom is 0.270 e. The standard InChI is InChI=1S/C10H11N3O3/c1-7(14)5-12-6-8-4-9(13(15)16)2-3-10(8)11-12/h2-4,6-7,14H,5H2,1H3/t7-/m1/s1. The average Bonchev–Trinajstić information content (AvgIpc) is 2.56. The summed E-state index contributed by atoms with van der Waals surface area (Å²) in [6.45, 7) is 2.04. The number of nitro benzene ring substituents is 1. The van der Waals surface area contributed by atoms with Crippen molar-refractivity contribution in [3.05, 3.63) is 34.5 Å². The first-order valence-corrected chi connectivity index (χ1v) is 4.86. The first-order chi connectivity index (χ1) is 7.56. The Kier molecular flexibility index (Phi) is 2.57. The molecule has 1 atom stereocenters. The lowest BCUT2D eigenvalue weighted by molar-refractivity contribution is -0.384. The van der Waals surface area contributed by atoms with E-state index in [1.807, 2.05) is 0 Å². The molecular formula is C10H11N3O3. The van der Waals surface area contributed by atoms with E-state index in [-0.39, 0.29) is 5.69 Å². The van der Waals surface area contributed by atoms with Crippen molar-refractivity contribution < 1.29 is 10.0 Å². The molecule has 0 saturated carbocycles. The molecule has 2 rings (SSSR count). The Bertz CT molecular complexity index is 533. The SMILES string of the molecule is C[C@@H](O)Cn1cc2cc([N+](=O)[O-])ccc2n1. The minimum atomic E-state index is -0.496. The number of hydrogen-bond donors (Lipinski definition) is 1. The molecule has 1 heterocycles. The van der Waals surface area contributed by atoms with Crippen LogP contribution < -0.4 is 0 Å². The fourth-order valence-electron chi connectivity index (χ4n) is 1.54.